The van der Waals surface area contributed by atoms with Crippen LogP contribution in [-0.2, 0) is 5.88 Å². The Morgan fingerprint density at radius 2 is 2.15 bits per heavy atom. The first-order chi connectivity index (χ1) is 9.69. The van der Waals surface area contributed by atoms with E-state index < -0.39 is 0 Å². The molecule has 2 nitrogen and oxygen atoms in total. The van der Waals surface area contributed by atoms with Crippen LogP contribution in [0.3, 0.4) is 0 Å². The maximum Gasteiger partial charge on any atom is 0.146 e. The summed E-state index contributed by atoms with van der Waals surface area (Å²) in [5, 5.41) is 0. The molecule has 2 atom stereocenters. The predicted molar refractivity (Wildman–Crippen MR) is 81.9 cm³/mol. The molecule has 0 saturated carbocycles. The Labute approximate surface area is 125 Å². The van der Waals surface area contributed by atoms with Crippen LogP contribution in [0.2, 0.25) is 0 Å². The third kappa shape index (κ3) is 2.66. The van der Waals surface area contributed by atoms with Gasteiger partial charge in [-0.05, 0) is 56.5 Å². The number of halogens is 2. The highest BCUT2D eigenvalue weighted by molar-refractivity contribution is 6.17. The third-order valence-corrected chi connectivity index (χ3v) is 5.16. The monoisotopic (exact) mass is 296 g/mol. The van der Waals surface area contributed by atoms with E-state index in [2.05, 4.69) is 16.8 Å². The summed E-state index contributed by atoms with van der Waals surface area (Å²) >= 11 is 5.76. The van der Waals surface area contributed by atoms with Crippen LogP contribution in [0.4, 0.5) is 10.1 Å². The molecule has 2 aliphatic rings. The second-order valence-corrected chi connectivity index (χ2v) is 6.37. The molecule has 0 aromatic heterocycles. The van der Waals surface area contributed by atoms with Crippen molar-refractivity contribution in [2.24, 2.45) is 5.92 Å². The van der Waals surface area contributed by atoms with Gasteiger partial charge >= 0.3 is 0 Å². The van der Waals surface area contributed by atoms with Crippen LogP contribution in [0.1, 0.15) is 24.8 Å². The average Bonchev–Trinajstić information content (AvgIpc) is 2.47. The molecule has 0 N–H and O–H groups in total. The van der Waals surface area contributed by atoms with Gasteiger partial charge in [0.1, 0.15) is 5.82 Å². The van der Waals surface area contributed by atoms with Crippen LogP contribution in [0.15, 0.2) is 18.2 Å². The first-order valence-electron chi connectivity index (χ1n) is 7.48. The van der Waals surface area contributed by atoms with Crippen LogP contribution in [0.5, 0.6) is 0 Å². The fraction of sp³-hybridized carbons (Fsp3) is 0.625. The molecule has 4 heteroatoms. The molecule has 3 rings (SSSR count). The van der Waals surface area contributed by atoms with Gasteiger partial charge in [0.25, 0.3) is 0 Å². The van der Waals surface area contributed by atoms with Gasteiger partial charge in [0, 0.05) is 25.0 Å². The number of rotatable bonds is 2. The minimum absolute atomic E-state index is 0.134. The Morgan fingerprint density at radius 3 is 2.90 bits per heavy atom. The second kappa shape index (κ2) is 5.90. The van der Waals surface area contributed by atoms with Crippen LogP contribution in [0, 0.1) is 11.7 Å². The van der Waals surface area contributed by atoms with E-state index >= 15 is 0 Å². The summed E-state index contributed by atoms with van der Waals surface area (Å²) in [6.07, 6.45) is 3.67. The van der Waals surface area contributed by atoms with E-state index in [0.717, 1.165) is 30.8 Å². The second-order valence-electron chi connectivity index (χ2n) is 6.10. The molecule has 1 aromatic carbocycles. The van der Waals surface area contributed by atoms with Crippen LogP contribution >= 0.6 is 11.6 Å². The van der Waals surface area contributed by atoms with Crippen molar-refractivity contribution in [3.63, 3.8) is 0 Å². The zero-order valence-electron chi connectivity index (χ0n) is 12.0. The smallest absolute Gasteiger partial charge is 0.146 e. The number of nitrogens with zero attached hydrogens (tertiary/aromatic N) is 2. The standard InChI is InChI=1S/C16H22ClFN2/c1-19-7-2-3-13-11-20(8-6-15(13)19)16-5-4-12(10-17)9-14(16)18/h4-5,9,13,15H,2-3,6-8,10-11H2,1H3. The van der Waals surface area contributed by atoms with E-state index in [1.807, 2.05) is 12.1 Å². The summed E-state index contributed by atoms with van der Waals surface area (Å²) in [7, 11) is 2.22. The van der Waals surface area contributed by atoms with Gasteiger partial charge in [-0.3, -0.25) is 0 Å². The zero-order chi connectivity index (χ0) is 14.1. The molecular formula is C16H22ClFN2. The lowest BCUT2D eigenvalue weighted by Gasteiger charge is -2.46. The molecule has 110 valence electrons. The number of fused-ring (bicyclic) bond motifs is 1. The quantitative estimate of drug-likeness (QED) is 0.771. The van der Waals surface area contributed by atoms with E-state index in [1.54, 1.807) is 6.07 Å². The lowest BCUT2D eigenvalue weighted by atomic mass is 9.84. The molecule has 20 heavy (non-hydrogen) atoms. The summed E-state index contributed by atoms with van der Waals surface area (Å²) in [5.74, 6) is 0.910. The number of likely N-dealkylation sites (tertiary alicyclic amines) is 1. The van der Waals surface area contributed by atoms with Crippen molar-refractivity contribution in [2.45, 2.75) is 31.2 Å². The van der Waals surface area contributed by atoms with Gasteiger partial charge in [-0.2, -0.15) is 0 Å². The Kier molecular flexibility index (Phi) is 4.18. The largest absolute Gasteiger partial charge is 0.369 e. The molecule has 0 spiro atoms. The lowest BCUT2D eigenvalue weighted by Crippen LogP contribution is -2.52. The van der Waals surface area contributed by atoms with Gasteiger partial charge in [-0.1, -0.05) is 6.07 Å². The highest BCUT2D eigenvalue weighted by Gasteiger charge is 2.34. The summed E-state index contributed by atoms with van der Waals surface area (Å²) in [4.78, 5) is 4.70. The zero-order valence-corrected chi connectivity index (χ0v) is 12.7. The van der Waals surface area contributed by atoms with Gasteiger partial charge in [0.05, 0.1) is 5.69 Å². The molecule has 2 saturated heterocycles. The van der Waals surface area contributed by atoms with E-state index in [0.29, 0.717) is 17.8 Å². The number of alkyl halides is 1. The predicted octanol–water partition coefficient (Wildman–Crippen LogP) is 3.49. The molecule has 0 radical (unpaired) electrons. The SMILES string of the molecule is CN1CCCC2CN(c3ccc(CCl)cc3F)CCC21. The molecular weight excluding hydrogens is 275 g/mol. The first kappa shape index (κ1) is 14.2. The molecule has 2 fully saturated rings. The van der Waals surface area contributed by atoms with Gasteiger partial charge in [-0.25, -0.2) is 4.39 Å². The molecule has 2 unspecified atom stereocenters. The fourth-order valence-corrected chi connectivity index (χ4v) is 3.93. The number of anilines is 1. The molecule has 2 aliphatic heterocycles. The summed E-state index contributed by atoms with van der Waals surface area (Å²) < 4.78 is 14.2. The normalized spacial score (nSPS) is 27.4. The van der Waals surface area contributed by atoms with Crippen molar-refractivity contribution in [1.29, 1.82) is 0 Å². The number of benzene rings is 1. The molecule has 0 amide bonds. The van der Waals surface area contributed by atoms with E-state index in [-0.39, 0.29) is 5.82 Å². The maximum atomic E-state index is 14.2. The summed E-state index contributed by atoms with van der Waals surface area (Å²) in [5.41, 5.74) is 1.59. The van der Waals surface area contributed by atoms with Crippen molar-refractivity contribution in [3.05, 3.63) is 29.6 Å². The highest BCUT2D eigenvalue weighted by atomic mass is 35.5. The van der Waals surface area contributed by atoms with Gasteiger partial charge in [0.2, 0.25) is 0 Å². The van der Waals surface area contributed by atoms with Gasteiger partial charge in [0.15, 0.2) is 0 Å². The van der Waals surface area contributed by atoms with Crippen LogP contribution in [0.25, 0.3) is 0 Å². The van der Waals surface area contributed by atoms with E-state index in [1.165, 1.54) is 19.4 Å². The Balaban J connectivity index is 1.76. The summed E-state index contributed by atoms with van der Waals surface area (Å²) in [6, 6.07) is 6.08. The van der Waals surface area contributed by atoms with Crippen molar-refractivity contribution < 1.29 is 4.39 Å². The maximum absolute atomic E-state index is 14.2. The average molecular weight is 297 g/mol. The number of hydrogen-bond donors (Lipinski definition) is 0. The molecule has 1 aromatic rings. The Hall–Kier alpha value is -0.800. The number of piperidine rings is 2. The third-order valence-electron chi connectivity index (χ3n) is 4.85. The lowest BCUT2D eigenvalue weighted by molar-refractivity contribution is 0.102. The van der Waals surface area contributed by atoms with Crippen LogP contribution in [-0.4, -0.2) is 37.6 Å². The van der Waals surface area contributed by atoms with E-state index in [4.69, 9.17) is 11.6 Å². The van der Waals surface area contributed by atoms with Crippen molar-refractivity contribution in [3.8, 4) is 0 Å². The van der Waals surface area contributed by atoms with Gasteiger partial charge < -0.3 is 9.80 Å². The minimum atomic E-state index is -0.134. The number of hydrogen-bond acceptors (Lipinski definition) is 2. The Morgan fingerprint density at radius 1 is 1.30 bits per heavy atom. The van der Waals surface area contributed by atoms with Crippen molar-refractivity contribution >= 4 is 17.3 Å². The molecule has 0 bridgehead atoms. The molecule has 0 aliphatic carbocycles. The summed E-state index contributed by atoms with van der Waals surface area (Å²) in [6.45, 7) is 3.13. The highest BCUT2D eigenvalue weighted by Crippen LogP contribution is 2.33. The Bertz CT molecular complexity index is 480. The molecule has 2 heterocycles. The minimum Gasteiger partial charge on any atom is -0.369 e. The van der Waals surface area contributed by atoms with Crippen LogP contribution < -0.4 is 4.90 Å². The van der Waals surface area contributed by atoms with E-state index in [9.17, 15) is 4.39 Å². The van der Waals surface area contributed by atoms with Gasteiger partial charge in [-0.15, -0.1) is 11.6 Å². The van der Waals surface area contributed by atoms with Crippen molar-refractivity contribution in [1.82, 2.24) is 4.90 Å². The van der Waals surface area contributed by atoms with Crippen molar-refractivity contribution in [2.75, 3.05) is 31.6 Å². The fourth-order valence-electron chi connectivity index (χ4n) is 3.76. The first-order valence-corrected chi connectivity index (χ1v) is 8.02. The topological polar surface area (TPSA) is 6.48 Å².